The maximum atomic E-state index is 12.9. The van der Waals surface area contributed by atoms with Crippen LogP contribution in [0.15, 0.2) is 23.3 Å². The molecule has 404 valence electrons. The third-order valence-corrected chi connectivity index (χ3v) is 14.2. The van der Waals surface area contributed by atoms with E-state index in [2.05, 4.69) is 0 Å². The fourth-order valence-corrected chi connectivity index (χ4v) is 9.26. The monoisotopic (exact) mass is 1000 g/mol. The first-order valence-corrected chi connectivity index (χ1v) is 25.9. The van der Waals surface area contributed by atoms with Crippen LogP contribution >= 0.6 is 0 Å². The lowest BCUT2D eigenvalue weighted by Gasteiger charge is -2.40. The van der Waals surface area contributed by atoms with Crippen LogP contribution in [0.3, 0.4) is 0 Å². The molecule has 18 heteroatoms. The first-order valence-electron chi connectivity index (χ1n) is 25.9. The van der Waals surface area contributed by atoms with Gasteiger partial charge >= 0.3 is 23.9 Å². The SMILES string of the molecule is C/C(=C\C(=O)OCCCCCCCCC(=O)O)CC1OCC(CC(O)[C@H](OC(=O)CCCCCCCCOC(=O)/C=C(\C)CC2OCC(C[C@H]3O[C@@H]3C(C)[C@@H](C)O)[C@H](O)[C@@H]2O)C(C)[C@@H](C)O)[C@H](O)[C@@H]1O. The molecule has 3 saturated heterocycles. The summed E-state index contributed by atoms with van der Waals surface area (Å²) in [5, 5.41) is 83.7. The van der Waals surface area contributed by atoms with E-state index in [4.69, 9.17) is 33.5 Å². The summed E-state index contributed by atoms with van der Waals surface area (Å²) in [5.41, 5.74) is 1.25. The molecule has 0 aromatic carbocycles. The number of hydrogen-bond acceptors (Lipinski definition) is 17. The molecule has 8 N–H and O–H groups in total. The second-order valence-electron chi connectivity index (χ2n) is 20.4. The molecule has 0 aromatic rings. The Morgan fingerprint density at radius 2 is 1.06 bits per heavy atom. The van der Waals surface area contributed by atoms with E-state index in [-0.39, 0.29) is 82.6 Å². The molecule has 16 atom stereocenters. The maximum Gasteiger partial charge on any atom is 0.330 e. The highest BCUT2D eigenvalue weighted by Crippen LogP contribution is 2.39. The Hall–Kier alpha value is -3.04. The van der Waals surface area contributed by atoms with Gasteiger partial charge in [-0.25, -0.2) is 9.59 Å². The number of carbonyl (C=O) groups excluding carboxylic acids is 3. The number of aliphatic carboxylic acids is 1. The summed E-state index contributed by atoms with van der Waals surface area (Å²) in [7, 11) is 0. The van der Waals surface area contributed by atoms with Crippen LogP contribution in [-0.2, 0) is 47.6 Å². The third-order valence-electron chi connectivity index (χ3n) is 14.2. The lowest BCUT2D eigenvalue weighted by molar-refractivity contribution is -0.180. The number of carbonyl (C=O) groups is 4. The van der Waals surface area contributed by atoms with Gasteiger partial charge in [0.25, 0.3) is 0 Å². The van der Waals surface area contributed by atoms with Gasteiger partial charge in [0.2, 0.25) is 0 Å². The van der Waals surface area contributed by atoms with Crippen LogP contribution in [0.2, 0.25) is 0 Å². The van der Waals surface area contributed by atoms with E-state index in [0.29, 0.717) is 43.3 Å². The molecule has 18 nitrogen and oxygen atoms in total. The van der Waals surface area contributed by atoms with Crippen molar-refractivity contribution in [2.45, 2.75) is 230 Å². The van der Waals surface area contributed by atoms with E-state index in [0.717, 1.165) is 51.4 Å². The first kappa shape index (κ1) is 61.3. The van der Waals surface area contributed by atoms with Gasteiger partial charge in [0.15, 0.2) is 0 Å². The minimum absolute atomic E-state index is 0.00246. The van der Waals surface area contributed by atoms with Crippen LogP contribution in [0.4, 0.5) is 0 Å². The van der Waals surface area contributed by atoms with Gasteiger partial charge in [0.1, 0.15) is 18.3 Å². The zero-order valence-electron chi connectivity index (χ0n) is 42.6. The summed E-state index contributed by atoms with van der Waals surface area (Å²) < 4.78 is 33.9. The van der Waals surface area contributed by atoms with Gasteiger partial charge < -0.3 is 69.3 Å². The number of aliphatic hydroxyl groups excluding tert-OH is 7. The van der Waals surface area contributed by atoms with Crippen LogP contribution in [0, 0.1) is 23.7 Å². The molecule has 0 saturated carbocycles. The quantitative estimate of drug-likeness (QED) is 0.0143. The molecule has 70 heavy (non-hydrogen) atoms. The second kappa shape index (κ2) is 32.2. The van der Waals surface area contributed by atoms with Crippen molar-refractivity contribution in [1.82, 2.24) is 0 Å². The molecule has 3 fully saturated rings. The lowest BCUT2D eigenvalue weighted by atomic mass is 9.83. The van der Waals surface area contributed by atoms with Crippen molar-refractivity contribution in [1.29, 1.82) is 0 Å². The molecular formula is C52H88O18. The molecule has 3 heterocycles. The van der Waals surface area contributed by atoms with Crippen LogP contribution in [0.5, 0.6) is 0 Å². The lowest BCUT2D eigenvalue weighted by Crippen LogP contribution is -2.52. The molecular weight excluding hydrogens is 913 g/mol. The highest BCUT2D eigenvalue weighted by Gasteiger charge is 2.48. The molecule has 0 aliphatic carbocycles. The standard InChI is InChI=1S/C52H88O18/c1-31(25-45(59)65-21-17-13-9-7-11-15-19-43(56)57)23-40-49(63)47(61)37(29-67-40)27-39(55)51(33(3)35(5)53)70-44(58)20-16-12-8-10-14-18-22-66-46(60)26-32(2)24-41-50(64)48(62)38(30-68-41)28-42-52(69-42)34(4)36(6)54/h25-26,33-42,47-55,61-64H,7-24,27-30H2,1-6H3,(H,56,57)/b31-25+,32-26+/t33?,34?,35-,36-,37?,38?,39?,40?,41?,42-,47+,48+,49-,50-,51-,52-/m1/s1. The predicted molar refractivity (Wildman–Crippen MR) is 257 cm³/mol. The fraction of sp³-hybridized carbons (Fsp3) is 0.846. The van der Waals surface area contributed by atoms with Gasteiger partial charge in [0, 0.05) is 48.7 Å². The predicted octanol–water partition coefficient (Wildman–Crippen LogP) is 4.62. The summed E-state index contributed by atoms with van der Waals surface area (Å²) in [6.07, 6.45) is 3.18. The Labute approximate surface area is 415 Å². The fourth-order valence-electron chi connectivity index (χ4n) is 9.26. The number of unbranched alkanes of at least 4 members (excludes halogenated alkanes) is 10. The van der Waals surface area contributed by atoms with Crippen molar-refractivity contribution in [3.63, 3.8) is 0 Å². The molecule has 0 aromatic heterocycles. The number of epoxide rings is 1. The highest BCUT2D eigenvalue weighted by molar-refractivity contribution is 5.83. The average molecular weight is 1000 g/mol. The normalized spacial score (nSPS) is 28.8. The van der Waals surface area contributed by atoms with Crippen molar-refractivity contribution < 1.29 is 88.5 Å². The van der Waals surface area contributed by atoms with E-state index in [1.54, 1.807) is 27.7 Å². The number of hydrogen-bond donors (Lipinski definition) is 8. The number of ether oxygens (including phenoxy) is 6. The molecule has 3 aliphatic heterocycles. The Morgan fingerprint density at radius 1 is 0.600 bits per heavy atom. The van der Waals surface area contributed by atoms with Gasteiger partial charge in [0.05, 0.1) is 81.4 Å². The van der Waals surface area contributed by atoms with Crippen molar-refractivity contribution in [3.8, 4) is 0 Å². The van der Waals surface area contributed by atoms with Crippen molar-refractivity contribution in [2.75, 3.05) is 26.4 Å². The summed E-state index contributed by atoms with van der Waals surface area (Å²) in [6.45, 7) is 11.0. The molecule has 3 rings (SSSR count). The molecule has 0 bridgehead atoms. The molecule has 0 spiro atoms. The largest absolute Gasteiger partial charge is 0.481 e. The van der Waals surface area contributed by atoms with Crippen LogP contribution in [-0.4, -0.2) is 164 Å². The van der Waals surface area contributed by atoms with Crippen molar-refractivity contribution in [3.05, 3.63) is 23.3 Å². The van der Waals surface area contributed by atoms with E-state index in [1.165, 1.54) is 19.1 Å². The minimum atomic E-state index is -1.32. The van der Waals surface area contributed by atoms with Crippen molar-refractivity contribution in [2.24, 2.45) is 23.7 Å². The van der Waals surface area contributed by atoms with Crippen LogP contribution in [0.1, 0.15) is 157 Å². The van der Waals surface area contributed by atoms with Crippen LogP contribution < -0.4 is 0 Å². The zero-order valence-corrected chi connectivity index (χ0v) is 42.6. The number of carboxylic acid groups (broad SMARTS) is 1. The molecule has 3 aliphatic rings. The van der Waals surface area contributed by atoms with E-state index in [1.807, 2.05) is 6.92 Å². The number of rotatable bonds is 34. The highest BCUT2D eigenvalue weighted by atomic mass is 16.6. The maximum absolute atomic E-state index is 12.9. The number of carboxylic acids is 1. The number of aliphatic hydroxyl groups is 7. The van der Waals surface area contributed by atoms with E-state index < -0.39 is 96.8 Å². The Bertz CT molecular complexity index is 1620. The van der Waals surface area contributed by atoms with Gasteiger partial charge in [-0.15, -0.1) is 0 Å². The molecule has 0 amide bonds. The van der Waals surface area contributed by atoms with Crippen molar-refractivity contribution >= 4 is 23.9 Å². The molecule has 0 radical (unpaired) electrons. The third kappa shape index (κ3) is 22.4. The second-order valence-corrected chi connectivity index (χ2v) is 20.4. The summed E-state index contributed by atoms with van der Waals surface area (Å²) >= 11 is 0. The zero-order chi connectivity index (χ0) is 51.9. The first-order chi connectivity index (χ1) is 33.2. The minimum Gasteiger partial charge on any atom is -0.481 e. The Morgan fingerprint density at radius 3 is 1.54 bits per heavy atom. The van der Waals surface area contributed by atoms with E-state index in [9.17, 15) is 54.9 Å². The van der Waals surface area contributed by atoms with Gasteiger partial charge in [-0.1, -0.05) is 76.4 Å². The smallest absolute Gasteiger partial charge is 0.330 e. The summed E-state index contributed by atoms with van der Waals surface area (Å²) in [5.74, 6) is -3.98. The summed E-state index contributed by atoms with van der Waals surface area (Å²) in [6, 6.07) is 0. The Kier molecular flexibility index (Phi) is 28.2. The molecule has 7 unspecified atom stereocenters. The van der Waals surface area contributed by atoms with Gasteiger partial charge in [-0.05, 0) is 79.1 Å². The topological polar surface area (TPSA) is 289 Å². The van der Waals surface area contributed by atoms with Crippen LogP contribution in [0.25, 0.3) is 0 Å². The number of esters is 3. The van der Waals surface area contributed by atoms with Gasteiger partial charge in [-0.2, -0.15) is 0 Å². The summed E-state index contributed by atoms with van der Waals surface area (Å²) in [4.78, 5) is 48.3. The Balaban J connectivity index is 1.28. The van der Waals surface area contributed by atoms with Gasteiger partial charge in [-0.3, -0.25) is 9.59 Å². The van der Waals surface area contributed by atoms with E-state index >= 15 is 0 Å². The average Bonchev–Trinajstić information content (AvgIpc) is 4.07.